The summed E-state index contributed by atoms with van der Waals surface area (Å²) in [6, 6.07) is 12.3. The van der Waals surface area contributed by atoms with Crippen molar-refractivity contribution in [2.75, 3.05) is 11.9 Å². The van der Waals surface area contributed by atoms with Gasteiger partial charge in [0.25, 0.3) is 0 Å². The zero-order chi connectivity index (χ0) is 14.4. The maximum atomic E-state index is 5.56. The summed E-state index contributed by atoms with van der Waals surface area (Å²) in [7, 11) is 0. The van der Waals surface area contributed by atoms with Crippen molar-refractivity contribution in [2.24, 2.45) is 0 Å². The number of aromatic nitrogens is 2. The molecule has 1 unspecified atom stereocenters. The maximum absolute atomic E-state index is 5.56. The smallest absolute Gasteiger partial charge is 0.218 e. The monoisotopic (exact) mass is 271 g/mol. The number of anilines is 1. The number of benzene rings is 1. The lowest BCUT2D eigenvalue weighted by molar-refractivity contribution is 0.232. The van der Waals surface area contributed by atoms with Crippen molar-refractivity contribution in [3.63, 3.8) is 0 Å². The molecule has 0 aliphatic carbocycles. The molecule has 0 spiro atoms. The number of ether oxygens (including phenoxy) is 1. The van der Waals surface area contributed by atoms with Crippen LogP contribution >= 0.6 is 0 Å². The Bertz CT molecular complexity index is 528. The minimum Gasteiger partial charge on any atom is -0.475 e. The Morgan fingerprint density at radius 1 is 1.10 bits per heavy atom. The lowest BCUT2D eigenvalue weighted by atomic mass is 10.0. The quantitative estimate of drug-likeness (QED) is 0.873. The molecule has 1 heterocycles. The Morgan fingerprint density at radius 3 is 2.55 bits per heavy atom. The zero-order valence-corrected chi connectivity index (χ0v) is 12.2. The van der Waals surface area contributed by atoms with E-state index in [-0.39, 0.29) is 6.10 Å². The summed E-state index contributed by atoms with van der Waals surface area (Å²) in [5.41, 5.74) is 1.31. The van der Waals surface area contributed by atoms with Gasteiger partial charge < -0.3 is 10.1 Å². The van der Waals surface area contributed by atoms with Crippen LogP contribution < -0.4 is 10.1 Å². The second-order valence-electron chi connectivity index (χ2n) is 5.10. The second-order valence-corrected chi connectivity index (χ2v) is 5.10. The van der Waals surface area contributed by atoms with Gasteiger partial charge in [0.15, 0.2) is 0 Å². The summed E-state index contributed by atoms with van der Waals surface area (Å²) in [5, 5.41) is 3.33. The predicted octanol–water partition coefficient (Wildman–Crippen LogP) is 3.48. The average Bonchev–Trinajstić information content (AvgIpc) is 2.45. The van der Waals surface area contributed by atoms with E-state index in [2.05, 4.69) is 46.5 Å². The van der Waals surface area contributed by atoms with Crippen LogP contribution in [0.25, 0.3) is 0 Å². The summed E-state index contributed by atoms with van der Waals surface area (Å²) in [4.78, 5) is 8.30. The molecule has 1 aromatic heterocycles. The normalized spacial score (nSPS) is 12.2. The van der Waals surface area contributed by atoms with Crippen LogP contribution in [0.5, 0.6) is 5.88 Å². The van der Waals surface area contributed by atoms with Crippen LogP contribution in [-0.2, 0) is 0 Å². The third kappa shape index (κ3) is 4.23. The molecule has 20 heavy (non-hydrogen) atoms. The first-order valence-electron chi connectivity index (χ1n) is 6.92. The molecule has 2 rings (SSSR count). The van der Waals surface area contributed by atoms with Crippen molar-refractivity contribution in [3.8, 4) is 5.88 Å². The highest BCUT2D eigenvalue weighted by atomic mass is 16.5. The van der Waals surface area contributed by atoms with Crippen molar-refractivity contribution in [3.05, 3.63) is 48.3 Å². The van der Waals surface area contributed by atoms with Gasteiger partial charge in [0.1, 0.15) is 12.1 Å². The molecule has 0 radical (unpaired) electrons. The molecule has 1 aromatic carbocycles. The van der Waals surface area contributed by atoms with Gasteiger partial charge in [-0.15, -0.1) is 0 Å². The van der Waals surface area contributed by atoms with Crippen LogP contribution in [0.1, 0.15) is 32.3 Å². The first-order valence-corrected chi connectivity index (χ1v) is 6.92. The molecular formula is C16H21N3O. The number of nitrogens with one attached hydrogen (secondary N) is 1. The number of nitrogens with zero attached hydrogens (tertiary/aromatic N) is 2. The van der Waals surface area contributed by atoms with Crippen molar-refractivity contribution in [1.29, 1.82) is 0 Å². The van der Waals surface area contributed by atoms with Crippen molar-refractivity contribution < 1.29 is 4.74 Å². The van der Waals surface area contributed by atoms with Gasteiger partial charge in [-0.2, -0.15) is 0 Å². The minimum atomic E-state index is 0.112. The fourth-order valence-corrected chi connectivity index (χ4v) is 1.90. The van der Waals surface area contributed by atoms with Crippen LogP contribution in [0.2, 0.25) is 0 Å². The minimum absolute atomic E-state index is 0.112. The summed E-state index contributed by atoms with van der Waals surface area (Å²) in [6.45, 7) is 6.97. The summed E-state index contributed by atoms with van der Waals surface area (Å²) < 4.78 is 5.56. The molecule has 0 aliphatic heterocycles. The Kier molecular flexibility index (Phi) is 4.93. The van der Waals surface area contributed by atoms with Crippen LogP contribution in [0.4, 0.5) is 5.82 Å². The van der Waals surface area contributed by atoms with E-state index < -0.39 is 0 Å². The highest BCUT2D eigenvalue weighted by molar-refractivity contribution is 5.38. The maximum Gasteiger partial charge on any atom is 0.218 e. The van der Waals surface area contributed by atoms with E-state index in [1.54, 1.807) is 0 Å². The van der Waals surface area contributed by atoms with Gasteiger partial charge >= 0.3 is 0 Å². The molecule has 0 saturated carbocycles. The molecule has 1 N–H and O–H groups in total. The molecule has 4 heteroatoms. The number of hydrogen-bond donors (Lipinski definition) is 1. The van der Waals surface area contributed by atoms with Crippen LogP contribution in [0, 0.1) is 0 Å². The zero-order valence-electron chi connectivity index (χ0n) is 12.2. The van der Waals surface area contributed by atoms with E-state index in [1.807, 2.05) is 26.0 Å². The van der Waals surface area contributed by atoms with Gasteiger partial charge in [-0.3, -0.25) is 0 Å². The van der Waals surface area contributed by atoms with Crippen LogP contribution in [0.15, 0.2) is 42.7 Å². The molecule has 0 bridgehead atoms. The van der Waals surface area contributed by atoms with E-state index in [9.17, 15) is 0 Å². The van der Waals surface area contributed by atoms with E-state index in [0.29, 0.717) is 11.8 Å². The molecule has 1 atom stereocenters. The predicted molar refractivity (Wildman–Crippen MR) is 81.1 cm³/mol. The molecule has 0 saturated heterocycles. The summed E-state index contributed by atoms with van der Waals surface area (Å²) in [6.07, 6.45) is 1.63. The Hall–Kier alpha value is -2.10. The largest absolute Gasteiger partial charge is 0.475 e. The van der Waals surface area contributed by atoms with Gasteiger partial charge in [-0.05, 0) is 25.3 Å². The van der Waals surface area contributed by atoms with Crippen molar-refractivity contribution in [1.82, 2.24) is 9.97 Å². The molecule has 0 aliphatic rings. The first kappa shape index (κ1) is 14.3. The fourth-order valence-electron chi connectivity index (χ4n) is 1.90. The van der Waals surface area contributed by atoms with E-state index >= 15 is 0 Å². The topological polar surface area (TPSA) is 47.0 Å². The number of rotatable bonds is 6. The summed E-state index contributed by atoms with van der Waals surface area (Å²) in [5.74, 6) is 1.81. The fraction of sp³-hybridized carbons (Fsp3) is 0.375. The molecule has 0 fully saturated rings. The highest BCUT2D eigenvalue weighted by Crippen LogP contribution is 2.17. The Labute approximate surface area is 120 Å². The standard InChI is InChI=1S/C16H21N3O/c1-12(2)20-16-9-15(18-11-19-16)17-10-13(3)14-7-5-4-6-8-14/h4-9,11-13H,10H2,1-3H3,(H,17,18,19). The van der Waals surface area contributed by atoms with Gasteiger partial charge in [-0.25, -0.2) is 9.97 Å². The Morgan fingerprint density at radius 2 is 1.85 bits per heavy atom. The van der Waals surface area contributed by atoms with Crippen LogP contribution in [0.3, 0.4) is 0 Å². The third-order valence-electron chi connectivity index (χ3n) is 2.96. The lowest BCUT2D eigenvalue weighted by Gasteiger charge is -2.14. The second kappa shape index (κ2) is 6.89. The highest BCUT2D eigenvalue weighted by Gasteiger charge is 2.06. The van der Waals surface area contributed by atoms with Gasteiger partial charge in [0, 0.05) is 12.6 Å². The molecular weight excluding hydrogens is 250 g/mol. The number of hydrogen-bond acceptors (Lipinski definition) is 4. The molecule has 4 nitrogen and oxygen atoms in total. The lowest BCUT2D eigenvalue weighted by Crippen LogP contribution is -2.12. The molecule has 0 amide bonds. The molecule has 106 valence electrons. The van der Waals surface area contributed by atoms with Gasteiger partial charge in [0.05, 0.1) is 6.10 Å². The van der Waals surface area contributed by atoms with Crippen molar-refractivity contribution in [2.45, 2.75) is 32.8 Å². The van der Waals surface area contributed by atoms with E-state index in [4.69, 9.17) is 4.74 Å². The molecule has 2 aromatic rings. The van der Waals surface area contributed by atoms with E-state index in [0.717, 1.165) is 12.4 Å². The van der Waals surface area contributed by atoms with Crippen molar-refractivity contribution >= 4 is 5.82 Å². The SMILES string of the molecule is CC(C)Oc1cc(NCC(C)c2ccccc2)ncn1. The Balaban J connectivity index is 1.94. The summed E-state index contributed by atoms with van der Waals surface area (Å²) >= 11 is 0. The van der Waals surface area contributed by atoms with E-state index in [1.165, 1.54) is 11.9 Å². The van der Waals surface area contributed by atoms with Crippen LogP contribution in [-0.4, -0.2) is 22.6 Å². The van der Waals surface area contributed by atoms with Gasteiger partial charge in [0.2, 0.25) is 5.88 Å². The van der Waals surface area contributed by atoms with Gasteiger partial charge in [-0.1, -0.05) is 37.3 Å². The first-order chi connectivity index (χ1) is 9.65. The third-order valence-corrected chi connectivity index (χ3v) is 2.96. The average molecular weight is 271 g/mol.